The Hall–Kier alpha value is -4.24. The van der Waals surface area contributed by atoms with Gasteiger partial charge in [0.15, 0.2) is 5.76 Å². The van der Waals surface area contributed by atoms with E-state index in [2.05, 4.69) is 23.3 Å². The summed E-state index contributed by atoms with van der Waals surface area (Å²) in [6.45, 7) is 5.96. The Bertz CT molecular complexity index is 1220. The van der Waals surface area contributed by atoms with Crippen molar-refractivity contribution in [2.75, 3.05) is 19.0 Å². The largest absolute Gasteiger partial charge is 0.481 e. The maximum absolute atomic E-state index is 13.5. The minimum Gasteiger partial charge on any atom is -0.481 e. The van der Waals surface area contributed by atoms with Gasteiger partial charge in [-0.05, 0) is 61.8 Å². The molecule has 0 bridgehead atoms. The van der Waals surface area contributed by atoms with Gasteiger partial charge in [0.05, 0.1) is 24.0 Å². The van der Waals surface area contributed by atoms with Crippen molar-refractivity contribution in [1.82, 2.24) is 15.7 Å². The van der Waals surface area contributed by atoms with Crippen LogP contribution in [0.5, 0.6) is 0 Å². The van der Waals surface area contributed by atoms with Crippen LogP contribution in [0, 0.1) is 18.0 Å². The van der Waals surface area contributed by atoms with Gasteiger partial charge in [-0.25, -0.2) is 14.3 Å². The van der Waals surface area contributed by atoms with Crippen LogP contribution in [-0.2, 0) is 16.3 Å². The van der Waals surface area contributed by atoms with Crippen LogP contribution in [-0.4, -0.2) is 46.3 Å². The molecule has 0 aliphatic rings. The zero-order chi connectivity index (χ0) is 27.9. The fraction of sp³-hybridized carbons (Fsp3) is 0.296. The van der Waals surface area contributed by atoms with Crippen molar-refractivity contribution in [2.24, 2.45) is 4.99 Å². The minimum absolute atomic E-state index is 0.00667. The number of aliphatic imine (C=N–C) groups is 1. The molecule has 0 aliphatic carbocycles. The van der Waals surface area contributed by atoms with Crippen LogP contribution in [0.25, 0.3) is 6.08 Å². The van der Waals surface area contributed by atoms with Gasteiger partial charge in [-0.15, -0.1) is 0 Å². The number of rotatable bonds is 14. The van der Waals surface area contributed by atoms with E-state index in [0.29, 0.717) is 54.5 Å². The van der Waals surface area contributed by atoms with E-state index in [0.717, 1.165) is 5.57 Å². The Morgan fingerprint density at radius 3 is 2.63 bits per heavy atom. The van der Waals surface area contributed by atoms with E-state index in [1.54, 1.807) is 38.4 Å². The summed E-state index contributed by atoms with van der Waals surface area (Å²) in [5, 5.41) is 23.9. The molecule has 10 nitrogen and oxygen atoms in total. The number of nitrogens with one attached hydrogen (secondary N) is 1. The zero-order valence-electron chi connectivity index (χ0n) is 21.6. The topological polar surface area (TPSA) is 124 Å². The number of aliphatic carboxylic acids is 1. The number of aliphatic hydroxyl groups is 1. The SMILES string of the molecule is C=C/C(C)=C(\C=C\c1cc(CNON(C)C)on1)/N=C(/CCCCC(=O)O)N(C#CO)c1ccc(F)cc1. The Morgan fingerprint density at radius 1 is 1.29 bits per heavy atom. The van der Waals surface area contributed by atoms with Crippen molar-refractivity contribution in [3.8, 4) is 12.2 Å². The molecule has 0 radical (unpaired) electrons. The first-order valence-electron chi connectivity index (χ1n) is 11.8. The molecule has 2 rings (SSSR count). The molecule has 11 heteroatoms. The summed E-state index contributed by atoms with van der Waals surface area (Å²) in [5.74, 6) is -0.335. The quantitative estimate of drug-likeness (QED) is 0.0616. The minimum atomic E-state index is -0.893. The molecule has 1 aromatic carbocycles. The lowest BCUT2D eigenvalue weighted by atomic mass is 10.1. The molecule has 202 valence electrons. The maximum Gasteiger partial charge on any atom is 0.303 e. The first-order chi connectivity index (χ1) is 18.2. The Kier molecular flexibility index (Phi) is 12.5. The van der Waals surface area contributed by atoms with Crippen molar-refractivity contribution < 1.29 is 28.9 Å². The second kappa shape index (κ2) is 15.8. The molecule has 0 spiro atoms. The number of amidine groups is 1. The van der Waals surface area contributed by atoms with Crippen LogP contribution in [0.1, 0.15) is 44.1 Å². The molecular weight excluding hydrogens is 493 g/mol. The number of carboxylic acid groups (broad SMARTS) is 1. The van der Waals surface area contributed by atoms with E-state index in [1.165, 1.54) is 34.2 Å². The number of benzene rings is 1. The average molecular weight is 526 g/mol. The van der Waals surface area contributed by atoms with Gasteiger partial charge in [-0.3, -0.25) is 9.69 Å². The Labute approximate surface area is 221 Å². The van der Waals surface area contributed by atoms with Crippen molar-refractivity contribution in [2.45, 2.75) is 39.2 Å². The number of hydroxylamine groups is 3. The van der Waals surface area contributed by atoms with E-state index >= 15 is 0 Å². The number of carboxylic acids is 1. The van der Waals surface area contributed by atoms with Gasteiger partial charge in [-0.2, -0.15) is 10.5 Å². The summed E-state index contributed by atoms with van der Waals surface area (Å²) in [4.78, 5) is 22.3. The standard InChI is InChI=1S/C27H32FN5O5/c1-5-20(2)25(15-12-22-18-24(37-31-22)19-29-38-32(3)4)30-26(8-6-7-9-27(35)36)33(16-17-34)23-13-10-21(28)11-14-23/h5,10-15,18,29,34H,1,6-9,19H2,2-4H3,(H,35,36)/b15-12+,25-20+,30-26-. The molecule has 0 unspecified atom stereocenters. The highest BCUT2D eigenvalue weighted by Crippen LogP contribution is 2.21. The van der Waals surface area contributed by atoms with Gasteiger partial charge in [-0.1, -0.05) is 17.8 Å². The smallest absolute Gasteiger partial charge is 0.303 e. The monoisotopic (exact) mass is 525 g/mol. The number of aromatic nitrogens is 1. The molecule has 2 aromatic rings. The first kappa shape index (κ1) is 30.0. The zero-order valence-corrected chi connectivity index (χ0v) is 21.6. The molecule has 0 saturated heterocycles. The lowest BCUT2D eigenvalue weighted by molar-refractivity contribution is -0.181. The van der Waals surface area contributed by atoms with Crippen molar-refractivity contribution >= 4 is 23.6 Å². The van der Waals surface area contributed by atoms with E-state index in [-0.39, 0.29) is 6.42 Å². The van der Waals surface area contributed by atoms with E-state index < -0.39 is 11.8 Å². The number of anilines is 1. The predicted molar refractivity (Wildman–Crippen MR) is 142 cm³/mol. The molecule has 0 aliphatic heterocycles. The lowest BCUT2D eigenvalue weighted by Gasteiger charge is -2.20. The fourth-order valence-electron chi connectivity index (χ4n) is 3.08. The molecule has 38 heavy (non-hydrogen) atoms. The van der Waals surface area contributed by atoms with Crippen LogP contribution in [0.2, 0.25) is 0 Å². The lowest BCUT2D eigenvalue weighted by Crippen LogP contribution is -2.26. The normalized spacial score (nSPS) is 12.3. The highest BCUT2D eigenvalue weighted by atomic mass is 19.1. The van der Waals surface area contributed by atoms with Gasteiger partial charge in [0.25, 0.3) is 0 Å². The van der Waals surface area contributed by atoms with Crippen LogP contribution < -0.4 is 10.4 Å². The highest BCUT2D eigenvalue weighted by Gasteiger charge is 2.14. The Balaban J connectivity index is 2.39. The van der Waals surface area contributed by atoms with Gasteiger partial charge in [0.1, 0.15) is 23.5 Å². The summed E-state index contributed by atoms with van der Waals surface area (Å²) < 4.78 is 18.8. The van der Waals surface area contributed by atoms with Gasteiger partial charge in [0.2, 0.25) is 0 Å². The van der Waals surface area contributed by atoms with Crippen molar-refractivity contribution in [1.29, 1.82) is 0 Å². The predicted octanol–water partition coefficient (Wildman–Crippen LogP) is 4.63. The number of unbranched alkanes of at least 4 members (excludes halogenated alkanes) is 1. The first-order valence-corrected chi connectivity index (χ1v) is 11.8. The summed E-state index contributed by atoms with van der Waals surface area (Å²) in [6.07, 6.45) is 8.23. The maximum atomic E-state index is 13.5. The molecule has 0 saturated carbocycles. The van der Waals surface area contributed by atoms with Gasteiger partial charge >= 0.3 is 5.97 Å². The number of hydrogen-bond donors (Lipinski definition) is 3. The number of nitrogens with zero attached hydrogens (tertiary/aromatic N) is 4. The summed E-state index contributed by atoms with van der Waals surface area (Å²) in [7, 11) is 3.48. The van der Waals surface area contributed by atoms with Crippen molar-refractivity contribution in [3.05, 3.63) is 77.6 Å². The van der Waals surface area contributed by atoms with Crippen LogP contribution >= 0.6 is 0 Å². The number of hydrogen-bond acceptors (Lipinski definition) is 8. The molecule has 0 fully saturated rings. The van der Waals surface area contributed by atoms with Crippen molar-refractivity contribution in [3.63, 3.8) is 0 Å². The molecule has 1 heterocycles. The third-order valence-corrected chi connectivity index (χ3v) is 4.99. The highest BCUT2D eigenvalue weighted by molar-refractivity contribution is 6.01. The molecular formula is C27H32FN5O5. The summed E-state index contributed by atoms with van der Waals surface area (Å²) in [5.41, 5.74) is 5.03. The molecule has 1 aromatic heterocycles. The average Bonchev–Trinajstić information content (AvgIpc) is 3.34. The van der Waals surface area contributed by atoms with Gasteiger partial charge in [0, 0.05) is 33.0 Å². The summed E-state index contributed by atoms with van der Waals surface area (Å²) >= 11 is 0. The van der Waals surface area contributed by atoms with Crippen LogP contribution in [0.4, 0.5) is 10.1 Å². The molecule has 3 N–H and O–H groups in total. The van der Waals surface area contributed by atoms with Gasteiger partial charge < -0.3 is 14.7 Å². The number of aliphatic hydroxyl groups excluding tert-OH is 1. The molecule has 0 atom stereocenters. The number of allylic oxidation sites excluding steroid dienone is 3. The van der Waals surface area contributed by atoms with Crippen LogP contribution in [0.3, 0.4) is 0 Å². The second-order valence-corrected chi connectivity index (χ2v) is 8.21. The molecule has 0 amide bonds. The fourth-order valence-corrected chi connectivity index (χ4v) is 3.08. The third kappa shape index (κ3) is 10.4. The van der Waals surface area contributed by atoms with E-state index in [9.17, 15) is 14.3 Å². The van der Waals surface area contributed by atoms with E-state index in [4.69, 9.17) is 19.6 Å². The Morgan fingerprint density at radius 2 is 2.00 bits per heavy atom. The third-order valence-electron chi connectivity index (χ3n) is 4.99. The number of carbonyl (C=O) groups is 1. The van der Waals surface area contributed by atoms with E-state index in [1.807, 2.05) is 13.0 Å². The number of halogens is 1. The second-order valence-electron chi connectivity index (χ2n) is 8.21. The van der Waals surface area contributed by atoms with Crippen LogP contribution in [0.15, 0.2) is 69.8 Å². The summed E-state index contributed by atoms with van der Waals surface area (Å²) in [6, 6.07) is 9.89.